The molecule has 2 heterocycles. The number of piperidine rings is 2. The monoisotopic (exact) mass is 201 g/mol. The number of halogens is 1. The Morgan fingerprint density at radius 1 is 1.43 bits per heavy atom. The molecule has 4 atom stereocenters. The number of alkyl halides is 1. The van der Waals surface area contributed by atoms with E-state index < -0.39 is 19.3 Å². The van der Waals surface area contributed by atoms with E-state index in [9.17, 15) is 14.5 Å². The van der Waals surface area contributed by atoms with Crippen LogP contribution in [0.15, 0.2) is 0 Å². The summed E-state index contributed by atoms with van der Waals surface area (Å²) in [5.74, 6) is 0. The molecule has 2 aliphatic heterocycles. The minimum absolute atomic E-state index is 0.163. The van der Waals surface area contributed by atoms with Crippen molar-refractivity contribution in [3.05, 3.63) is 0 Å². The fourth-order valence-corrected chi connectivity index (χ4v) is 2.94. The zero-order valence-corrected chi connectivity index (χ0v) is 8.43. The summed E-state index contributed by atoms with van der Waals surface area (Å²) in [5, 5.41) is 19.1. The first-order valence-electron chi connectivity index (χ1n) is 5.39. The van der Waals surface area contributed by atoms with E-state index in [0.29, 0.717) is 6.42 Å². The zero-order chi connectivity index (χ0) is 10.3. The van der Waals surface area contributed by atoms with E-state index >= 15 is 0 Å². The van der Waals surface area contributed by atoms with E-state index in [-0.39, 0.29) is 12.1 Å². The van der Waals surface area contributed by atoms with Gasteiger partial charge in [-0.15, -0.1) is 0 Å². The van der Waals surface area contributed by atoms with E-state index in [1.165, 1.54) is 0 Å². The number of aliphatic hydroxyl groups excluding tert-OH is 1. The molecule has 14 heavy (non-hydrogen) atoms. The van der Waals surface area contributed by atoms with E-state index in [4.69, 9.17) is 0 Å². The van der Waals surface area contributed by atoms with Gasteiger partial charge in [-0.2, -0.15) is 0 Å². The van der Waals surface area contributed by atoms with Gasteiger partial charge in [0, 0.05) is 12.1 Å². The number of hydrogen-bond donors (Lipinski definition) is 2. The highest BCUT2D eigenvalue weighted by Gasteiger charge is 2.46. The second kappa shape index (κ2) is 3.79. The average molecular weight is 201 g/mol. The summed E-state index contributed by atoms with van der Waals surface area (Å²) in [7, 11) is -0.601. The molecule has 80 valence electrons. The summed E-state index contributed by atoms with van der Waals surface area (Å²) < 4.78 is 13.7. The third-order valence-electron chi connectivity index (χ3n) is 3.52. The van der Waals surface area contributed by atoms with Crippen LogP contribution in [0.25, 0.3) is 0 Å². The average Bonchev–Trinajstić information content (AvgIpc) is 2.14. The van der Waals surface area contributed by atoms with Crippen molar-refractivity contribution in [2.75, 3.05) is 0 Å². The quantitative estimate of drug-likeness (QED) is 0.604. The molecule has 3 nitrogen and oxygen atoms in total. The van der Waals surface area contributed by atoms with Crippen molar-refractivity contribution < 1.29 is 14.5 Å². The topological polar surface area (TPSA) is 43.7 Å². The van der Waals surface area contributed by atoms with Gasteiger partial charge in [0.1, 0.15) is 6.17 Å². The molecular formula is C9H17BFNO2. The minimum atomic E-state index is -1.19. The van der Waals surface area contributed by atoms with Crippen molar-refractivity contribution in [3.8, 4) is 0 Å². The van der Waals surface area contributed by atoms with Gasteiger partial charge in [-0.25, -0.2) is 4.39 Å². The number of aliphatic hydroxyl groups is 1. The molecule has 5 heteroatoms. The molecule has 2 N–H and O–H groups in total. The van der Waals surface area contributed by atoms with E-state index in [0.717, 1.165) is 19.3 Å². The van der Waals surface area contributed by atoms with Gasteiger partial charge < -0.3 is 14.9 Å². The van der Waals surface area contributed by atoms with Crippen molar-refractivity contribution in [1.82, 2.24) is 4.81 Å². The lowest BCUT2D eigenvalue weighted by Crippen LogP contribution is -2.63. The Labute approximate surface area is 84.0 Å². The highest BCUT2D eigenvalue weighted by Crippen LogP contribution is 2.35. The summed E-state index contributed by atoms with van der Waals surface area (Å²) >= 11 is 0. The molecule has 2 rings (SSSR count). The Morgan fingerprint density at radius 3 is 2.79 bits per heavy atom. The summed E-state index contributed by atoms with van der Waals surface area (Å²) in [6.45, 7) is 1.68. The van der Waals surface area contributed by atoms with Gasteiger partial charge in [0.2, 0.25) is 0 Å². The number of hydrogen-bond acceptors (Lipinski definition) is 3. The molecule has 0 aliphatic carbocycles. The van der Waals surface area contributed by atoms with Crippen molar-refractivity contribution in [3.63, 3.8) is 0 Å². The summed E-state index contributed by atoms with van der Waals surface area (Å²) in [5.41, 5.74) is 0. The third-order valence-corrected chi connectivity index (χ3v) is 3.52. The van der Waals surface area contributed by atoms with Crippen molar-refractivity contribution in [2.24, 2.45) is 0 Å². The van der Waals surface area contributed by atoms with Crippen LogP contribution >= 0.6 is 0 Å². The van der Waals surface area contributed by atoms with Crippen LogP contribution in [-0.4, -0.2) is 46.4 Å². The normalized spacial score (nSPS) is 43.7. The second-order valence-electron chi connectivity index (χ2n) is 4.48. The maximum atomic E-state index is 13.7. The fourth-order valence-electron chi connectivity index (χ4n) is 2.94. The van der Waals surface area contributed by atoms with Gasteiger partial charge in [-0.3, -0.25) is 0 Å². The van der Waals surface area contributed by atoms with Crippen LogP contribution in [0.4, 0.5) is 4.39 Å². The van der Waals surface area contributed by atoms with Gasteiger partial charge in [-0.05, 0) is 26.1 Å². The van der Waals surface area contributed by atoms with Crippen LogP contribution in [0.3, 0.4) is 0 Å². The first-order chi connectivity index (χ1) is 6.61. The van der Waals surface area contributed by atoms with Crippen LogP contribution in [-0.2, 0) is 0 Å². The lowest BCUT2D eigenvalue weighted by atomic mass is 9.71. The number of rotatable bonds is 1. The Hall–Kier alpha value is -0.125. The lowest BCUT2D eigenvalue weighted by molar-refractivity contribution is -0.0550. The second-order valence-corrected chi connectivity index (χ2v) is 4.48. The zero-order valence-electron chi connectivity index (χ0n) is 8.43. The Kier molecular flexibility index (Phi) is 2.82. The third kappa shape index (κ3) is 1.57. The fraction of sp³-hybridized carbons (Fsp3) is 1.00. The van der Waals surface area contributed by atoms with Crippen molar-refractivity contribution >= 4 is 7.05 Å². The van der Waals surface area contributed by atoms with Gasteiger partial charge in [0.05, 0.1) is 6.10 Å². The molecule has 0 saturated carbocycles. The summed E-state index contributed by atoms with van der Waals surface area (Å²) in [4.78, 5) is 1.83. The van der Waals surface area contributed by atoms with Gasteiger partial charge in [0.15, 0.2) is 0 Å². The minimum Gasteiger partial charge on any atom is -0.437 e. The molecule has 0 aromatic carbocycles. The highest BCUT2D eigenvalue weighted by atomic mass is 19.1. The lowest BCUT2D eigenvalue weighted by Gasteiger charge is -2.50. The molecule has 0 radical (unpaired) electrons. The first-order valence-corrected chi connectivity index (χ1v) is 5.39. The van der Waals surface area contributed by atoms with Gasteiger partial charge in [-0.1, -0.05) is 6.42 Å². The molecule has 2 bridgehead atoms. The smallest absolute Gasteiger partial charge is 0.376 e. The molecule has 2 fully saturated rings. The van der Waals surface area contributed by atoms with Crippen LogP contribution in [0.5, 0.6) is 0 Å². The molecule has 2 saturated heterocycles. The van der Waals surface area contributed by atoms with Gasteiger partial charge in [0.25, 0.3) is 0 Å². The summed E-state index contributed by atoms with van der Waals surface area (Å²) in [6, 6.07) is -0.117. The Morgan fingerprint density at radius 2 is 2.14 bits per heavy atom. The molecule has 2 unspecified atom stereocenters. The first kappa shape index (κ1) is 10.4. The van der Waals surface area contributed by atoms with E-state index in [1.807, 2.05) is 4.81 Å². The van der Waals surface area contributed by atoms with Crippen molar-refractivity contribution in [2.45, 2.75) is 56.9 Å². The van der Waals surface area contributed by atoms with Crippen LogP contribution in [0.2, 0.25) is 6.82 Å². The maximum absolute atomic E-state index is 13.7. The standard InChI is InChI=1S/C9H17BFNO2/c1-10(14)12-6-3-2-4-7(12)9(11)8(13)5-6/h6-9,13-14H,2-5H2,1H3/t6?,7?,8-,9+/m0/s1. The molecule has 0 amide bonds. The maximum Gasteiger partial charge on any atom is 0.376 e. The Balaban J connectivity index is 2.18. The number of nitrogens with zero attached hydrogens (tertiary/aromatic N) is 1. The molecule has 0 aromatic rings. The van der Waals surface area contributed by atoms with Crippen LogP contribution in [0, 0.1) is 0 Å². The Bertz CT molecular complexity index is 217. The highest BCUT2D eigenvalue weighted by molar-refractivity contribution is 6.45. The largest absolute Gasteiger partial charge is 0.437 e. The summed E-state index contributed by atoms with van der Waals surface area (Å²) in [6.07, 6.45) is 1.15. The predicted octanol–water partition coefficient (Wildman–Crippen LogP) is 0.422. The molecule has 0 spiro atoms. The van der Waals surface area contributed by atoms with Crippen LogP contribution < -0.4 is 0 Å². The predicted molar refractivity (Wildman–Crippen MR) is 52.6 cm³/mol. The van der Waals surface area contributed by atoms with E-state index in [1.54, 1.807) is 6.82 Å². The molecule has 0 aromatic heterocycles. The molecule has 2 aliphatic rings. The molecular weight excluding hydrogens is 184 g/mol. The van der Waals surface area contributed by atoms with Crippen molar-refractivity contribution in [1.29, 1.82) is 0 Å². The van der Waals surface area contributed by atoms with Gasteiger partial charge >= 0.3 is 7.05 Å². The van der Waals surface area contributed by atoms with E-state index in [2.05, 4.69) is 0 Å². The number of fused-ring (bicyclic) bond motifs is 2. The SMILES string of the molecule is CB(O)N1C2CCCC1[C@@H](F)[C@@H](O)C2. The van der Waals surface area contributed by atoms with Crippen LogP contribution in [0.1, 0.15) is 25.7 Å².